The van der Waals surface area contributed by atoms with Gasteiger partial charge in [0.25, 0.3) is 0 Å². The standard InChI is InChI=1S/C11H12ClN/c12-11-3-1-2-9-5-4-8(7-13)6-10(9)11/h1-5,8H,6-7,13H2. The second-order valence-electron chi connectivity index (χ2n) is 3.37. The van der Waals surface area contributed by atoms with Crippen molar-refractivity contribution in [2.24, 2.45) is 11.7 Å². The Balaban J connectivity index is 2.41. The summed E-state index contributed by atoms with van der Waals surface area (Å²) in [5.41, 5.74) is 8.09. The highest BCUT2D eigenvalue weighted by Crippen LogP contribution is 2.28. The normalized spacial score (nSPS) is 20.0. The average molecular weight is 194 g/mol. The van der Waals surface area contributed by atoms with E-state index >= 15 is 0 Å². The van der Waals surface area contributed by atoms with Crippen molar-refractivity contribution < 1.29 is 0 Å². The molecule has 1 atom stereocenters. The van der Waals surface area contributed by atoms with Crippen molar-refractivity contribution in [3.63, 3.8) is 0 Å². The first-order valence-electron chi connectivity index (χ1n) is 4.47. The van der Waals surface area contributed by atoms with Crippen molar-refractivity contribution in [1.82, 2.24) is 0 Å². The molecule has 2 rings (SSSR count). The molecule has 1 aromatic carbocycles. The summed E-state index contributed by atoms with van der Waals surface area (Å²) in [6.45, 7) is 0.696. The highest BCUT2D eigenvalue weighted by Gasteiger charge is 2.14. The van der Waals surface area contributed by atoms with Crippen LogP contribution in [0.2, 0.25) is 5.02 Å². The molecule has 1 aliphatic rings. The highest BCUT2D eigenvalue weighted by molar-refractivity contribution is 6.31. The summed E-state index contributed by atoms with van der Waals surface area (Å²) < 4.78 is 0. The minimum absolute atomic E-state index is 0.451. The molecule has 0 saturated carbocycles. The Bertz CT molecular complexity index is 344. The molecule has 0 aromatic heterocycles. The molecule has 1 aromatic rings. The van der Waals surface area contributed by atoms with Crippen molar-refractivity contribution >= 4 is 17.7 Å². The molecular weight excluding hydrogens is 182 g/mol. The zero-order valence-electron chi connectivity index (χ0n) is 7.33. The first-order chi connectivity index (χ1) is 6.31. The summed E-state index contributed by atoms with van der Waals surface area (Å²) in [6, 6.07) is 6.01. The highest BCUT2D eigenvalue weighted by atomic mass is 35.5. The van der Waals surface area contributed by atoms with Crippen molar-refractivity contribution in [1.29, 1.82) is 0 Å². The van der Waals surface area contributed by atoms with Gasteiger partial charge in [0.05, 0.1) is 0 Å². The molecule has 0 fully saturated rings. The fourth-order valence-corrected chi connectivity index (χ4v) is 1.94. The Morgan fingerprint density at radius 1 is 1.46 bits per heavy atom. The lowest BCUT2D eigenvalue weighted by atomic mass is 9.90. The SMILES string of the molecule is NCC1C=Cc2cccc(Cl)c2C1. The summed E-state index contributed by atoms with van der Waals surface area (Å²) in [5, 5.41) is 0.861. The third kappa shape index (κ3) is 1.62. The monoisotopic (exact) mass is 193 g/mol. The van der Waals surface area contributed by atoms with Crippen LogP contribution < -0.4 is 5.73 Å². The van der Waals surface area contributed by atoms with E-state index in [1.54, 1.807) is 0 Å². The summed E-state index contributed by atoms with van der Waals surface area (Å²) in [5.74, 6) is 0.451. The quantitative estimate of drug-likeness (QED) is 0.729. The van der Waals surface area contributed by atoms with Gasteiger partial charge in [-0.1, -0.05) is 35.9 Å². The third-order valence-corrected chi connectivity index (χ3v) is 2.83. The van der Waals surface area contributed by atoms with Crippen LogP contribution in [0.3, 0.4) is 0 Å². The topological polar surface area (TPSA) is 26.0 Å². The summed E-state index contributed by atoms with van der Waals surface area (Å²) >= 11 is 6.09. The van der Waals surface area contributed by atoms with Crippen LogP contribution >= 0.6 is 11.6 Å². The molecule has 0 amide bonds. The first kappa shape index (κ1) is 8.79. The van der Waals surface area contributed by atoms with E-state index in [1.807, 2.05) is 12.1 Å². The van der Waals surface area contributed by atoms with E-state index in [4.69, 9.17) is 17.3 Å². The Kier molecular flexibility index (Phi) is 2.38. The predicted molar refractivity (Wildman–Crippen MR) is 56.7 cm³/mol. The molecule has 1 unspecified atom stereocenters. The fourth-order valence-electron chi connectivity index (χ4n) is 1.68. The molecule has 2 heteroatoms. The molecule has 0 bridgehead atoms. The molecule has 1 nitrogen and oxygen atoms in total. The zero-order valence-corrected chi connectivity index (χ0v) is 8.09. The number of fused-ring (bicyclic) bond motifs is 1. The van der Waals surface area contributed by atoms with Crippen LogP contribution in [0.15, 0.2) is 24.3 Å². The lowest BCUT2D eigenvalue weighted by Gasteiger charge is -2.18. The number of hydrogen-bond donors (Lipinski definition) is 1. The molecule has 0 radical (unpaired) electrons. The van der Waals surface area contributed by atoms with E-state index in [2.05, 4.69) is 18.2 Å². The molecule has 13 heavy (non-hydrogen) atoms. The maximum Gasteiger partial charge on any atom is 0.0444 e. The number of rotatable bonds is 1. The third-order valence-electron chi connectivity index (χ3n) is 2.47. The molecule has 0 spiro atoms. The molecule has 1 aliphatic carbocycles. The summed E-state index contributed by atoms with van der Waals surface area (Å²) in [7, 11) is 0. The van der Waals surface area contributed by atoms with E-state index in [0.29, 0.717) is 12.5 Å². The van der Waals surface area contributed by atoms with Crippen LogP contribution in [-0.4, -0.2) is 6.54 Å². The van der Waals surface area contributed by atoms with Gasteiger partial charge in [-0.05, 0) is 36.1 Å². The van der Waals surface area contributed by atoms with Gasteiger partial charge in [0.1, 0.15) is 0 Å². The van der Waals surface area contributed by atoms with Crippen molar-refractivity contribution in [2.45, 2.75) is 6.42 Å². The Morgan fingerprint density at radius 2 is 2.31 bits per heavy atom. The number of hydrogen-bond acceptors (Lipinski definition) is 1. The van der Waals surface area contributed by atoms with Gasteiger partial charge in [-0.3, -0.25) is 0 Å². The van der Waals surface area contributed by atoms with Gasteiger partial charge in [0, 0.05) is 5.02 Å². The lowest BCUT2D eigenvalue weighted by molar-refractivity contribution is 0.655. The maximum absolute atomic E-state index is 6.09. The second kappa shape index (κ2) is 3.52. The second-order valence-corrected chi connectivity index (χ2v) is 3.77. The Hall–Kier alpha value is -0.790. The van der Waals surface area contributed by atoms with Gasteiger partial charge in [0.2, 0.25) is 0 Å². The van der Waals surface area contributed by atoms with Crippen LogP contribution in [0.5, 0.6) is 0 Å². The maximum atomic E-state index is 6.09. The largest absolute Gasteiger partial charge is 0.330 e. The molecule has 68 valence electrons. The van der Waals surface area contributed by atoms with E-state index in [9.17, 15) is 0 Å². The summed E-state index contributed by atoms with van der Waals surface area (Å²) in [4.78, 5) is 0. The Labute approximate surface area is 83.2 Å². The average Bonchev–Trinajstić information content (AvgIpc) is 2.18. The summed E-state index contributed by atoms with van der Waals surface area (Å²) in [6.07, 6.45) is 5.25. The van der Waals surface area contributed by atoms with Crippen molar-refractivity contribution in [2.75, 3.05) is 6.54 Å². The van der Waals surface area contributed by atoms with Gasteiger partial charge in [0.15, 0.2) is 0 Å². The van der Waals surface area contributed by atoms with Crippen LogP contribution in [0.4, 0.5) is 0 Å². The van der Waals surface area contributed by atoms with E-state index in [-0.39, 0.29) is 0 Å². The minimum atomic E-state index is 0.451. The van der Waals surface area contributed by atoms with Crippen LogP contribution in [-0.2, 0) is 6.42 Å². The number of halogens is 1. The van der Waals surface area contributed by atoms with E-state index < -0.39 is 0 Å². The smallest absolute Gasteiger partial charge is 0.0444 e. The van der Waals surface area contributed by atoms with Gasteiger partial charge in [-0.2, -0.15) is 0 Å². The van der Waals surface area contributed by atoms with Crippen molar-refractivity contribution in [3.05, 3.63) is 40.4 Å². The number of benzene rings is 1. The lowest BCUT2D eigenvalue weighted by Crippen LogP contribution is -2.17. The zero-order chi connectivity index (χ0) is 9.26. The van der Waals surface area contributed by atoms with Crippen molar-refractivity contribution in [3.8, 4) is 0 Å². The van der Waals surface area contributed by atoms with Gasteiger partial charge in [-0.15, -0.1) is 0 Å². The van der Waals surface area contributed by atoms with E-state index in [1.165, 1.54) is 11.1 Å². The van der Waals surface area contributed by atoms with E-state index in [0.717, 1.165) is 11.4 Å². The van der Waals surface area contributed by atoms with Crippen LogP contribution in [0.25, 0.3) is 6.08 Å². The van der Waals surface area contributed by atoms with Gasteiger partial charge in [-0.25, -0.2) is 0 Å². The number of nitrogens with two attached hydrogens (primary N) is 1. The predicted octanol–water partition coefficient (Wildman–Crippen LogP) is 2.48. The molecule has 0 heterocycles. The minimum Gasteiger partial charge on any atom is -0.330 e. The Morgan fingerprint density at radius 3 is 3.08 bits per heavy atom. The van der Waals surface area contributed by atoms with Gasteiger partial charge >= 0.3 is 0 Å². The molecular formula is C11H12ClN. The molecule has 2 N–H and O–H groups in total. The molecule has 0 aliphatic heterocycles. The van der Waals surface area contributed by atoms with Crippen LogP contribution in [0, 0.1) is 5.92 Å². The molecule has 0 saturated heterocycles. The fraction of sp³-hybridized carbons (Fsp3) is 0.273. The van der Waals surface area contributed by atoms with Crippen LogP contribution in [0.1, 0.15) is 11.1 Å². The first-order valence-corrected chi connectivity index (χ1v) is 4.84. The van der Waals surface area contributed by atoms with Gasteiger partial charge < -0.3 is 5.73 Å².